The van der Waals surface area contributed by atoms with Crippen molar-refractivity contribution < 1.29 is 19.1 Å². The van der Waals surface area contributed by atoms with Crippen LogP contribution in [0.2, 0.25) is 5.02 Å². The minimum Gasteiger partial charge on any atom is -0.466 e. The molecular weight excluding hydrogens is 442 g/mol. The summed E-state index contributed by atoms with van der Waals surface area (Å²) in [6.45, 7) is 8.28. The van der Waals surface area contributed by atoms with Gasteiger partial charge in [-0.2, -0.15) is 0 Å². The van der Waals surface area contributed by atoms with Crippen LogP contribution < -0.4 is 0 Å². The number of esters is 1. The molecule has 3 rings (SSSR count). The Bertz CT molecular complexity index is 816. The number of carbonyl (C=O) groups excluding carboxylic acids is 3. The lowest BCUT2D eigenvalue weighted by molar-refractivity contribution is -0.145. The third kappa shape index (κ3) is 6.93. The van der Waals surface area contributed by atoms with E-state index >= 15 is 0 Å². The molecular formula is C25H36ClN3O4. The van der Waals surface area contributed by atoms with Crippen LogP contribution in [0.4, 0.5) is 0 Å². The summed E-state index contributed by atoms with van der Waals surface area (Å²) in [7, 11) is 0. The number of carbonyl (C=O) groups is 3. The molecule has 0 aliphatic carbocycles. The molecule has 2 aliphatic heterocycles. The van der Waals surface area contributed by atoms with Gasteiger partial charge in [0, 0.05) is 42.8 Å². The topological polar surface area (TPSA) is 70.2 Å². The van der Waals surface area contributed by atoms with Crippen LogP contribution >= 0.6 is 11.6 Å². The van der Waals surface area contributed by atoms with Gasteiger partial charge in [-0.1, -0.05) is 18.5 Å². The van der Waals surface area contributed by atoms with E-state index in [1.807, 2.05) is 4.90 Å². The van der Waals surface area contributed by atoms with Crippen LogP contribution in [-0.2, 0) is 14.3 Å². The average Bonchev–Trinajstić information content (AvgIpc) is 3.28. The summed E-state index contributed by atoms with van der Waals surface area (Å²) in [5, 5.41) is 0.587. The SMILES string of the molecule is CCOC(=O)CCN(CC1CCCN1CC)C(=O)C1CCCN(C(=O)c2ccc(Cl)cc2)C1. The summed E-state index contributed by atoms with van der Waals surface area (Å²) in [6.07, 6.45) is 3.92. The quantitative estimate of drug-likeness (QED) is 0.509. The summed E-state index contributed by atoms with van der Waals surface area (Å²) < 4.78 is 5.09. The van der Waals surface area contributed by atoms with Crippen molar-refractivity contribution in [3.05, 3.63) is 34.9 Å². The molecule has 2 fully saturated rings. The lowest BCUT2D eigenvalue weighted by atomic mass is 9.95. The normalized spacial score (nSPS) is 21.1. The van der Waals surface area contributed by atoms with Crippen molar-refractivity contribution in [2.24, 2.45) is 5.92 Å². The third-order valence-electron chi connectivity index (χ3n) is 6.69. The Kier molecular flexibility index (Phi) is 9.56. The first-order valence-corrected chi connectivity index (χ1v) is 12.5. The summed E-state index contributed by atoms with van der Waals surface area (Å²) in [4.78, 5) is 44.6. The molecule has 2 heterocycles. The molecule has 1 aromatic carbocycles. The van der Waals surface area contributed by atoms with Crippen LogP contribution in [0.3, 0.4) is 0 Å². The molecule has 0 aromatic heterocycles. The lowest BCUT2D eigenvalue weighted by Gasteiger charge is -2.37. The Balaban J connectivity index is 1.68. The standard InChI is InChI=1S/C25H36ClN3O4/c1-3-27-14-6-8-22(27)18-29(16-13-23(30)33-4-2)25(32)20-7-5-15-28(17-20)24(31)19-9-11-21(26)12-10-19/h9-12,20,22H,3-8,13-18H2,1-2H3. The van der Waals surface area contributed by atoms with Crippen LogP contribution in [0.25, 0.3) is 0 Å². The zero-order valence-corrected chi connectivity index (χ0v) is 20.6. The summed E-state index contributed by atoms with van der Waals surface area (Å²) in [6, 6.07) is 7.18. The fourth-order valence-corrected chi connectivity index (χ4v) is 5.05. The van der Waals surface area contributed by atoms with E-state index in [4.69, 9.17) is 16.3 Å². The number of likely N-dealkylation sites (tertiary alicyclic amines) is 2. The highest BCUT2D eigenvalue weighted by atomic mass is 35.5. The second-order valence-corrected chi connectivity index (χ2v) is 9.30. The smallest absolute Gasteiger partial charge is 0.307 e. The second-order valence-electron chi connectivity index (χ2n) is 8.86. The molecule has 1 aromatic rings. The van der Waals surface area contributed by atoms with Gasteiger partial charge in [-0.3, -0.25) is 19.3 Å². The van der Waals surface area contributed by atoms with Crippen molar-refractivity contribution >= 4 is 29.4 Å². The Labute approximate surface area is 202 Å². The van der Waals surface area contributed by atoms with Crippen molar-refractivity contribution in [1.29, 1.82) is 0 Å². The number of benzene rings is 1. The molecule has 0 spiro atoms. The van der Waals surface area contributed by atoms with E-state index in [9.17, 15) is 14.4 Å². The van der Waals surface area contributed by atoms with E-state index in [0.29, 0.717) is 49.4 Å². The minimum atomic E-state index is -0.280. The van der Waals surface area contributed by atoms with Gasteiger partial charge in [-0.05, 0) is 70.0 Å². The molecule has 2 amide bonds. The number of rotatable bonds is 9. The van der Waals surface area contributed by atoms with Gasteiger partial charge in [-0.15, -0.1) is 0 Å². The number of hydrogen-bond donors (Lipinski definition) is 0. The van der Waals surface area contributed by atoms with E-state index in [2.05, 4.69) is 11.8 Å². The van der Waals surface area contributed by atoms with E-state index < -0.39 is 0 Å². The number of likely N-dealkylation sites (N-methyl/N-ethyl adjacent to an activating group) is 1. The molecule has 0 bridgehead atoms. The first kappa shape index (κ1) is 25.5. The van der Waals surface area contributed by atoms with Gasteiger partial charge >= 0.3 is 5.97 Å². The van der Waals surface area contributed by atoms with Gasteiger partial charge in [-0.25, -0.2) is 0 Å². The van der Waals surface area contributed by atoms with Gasteiger partial charge in [0.2, 0.25) is 5.91 Å². The molecule has 8 heteroatoms. The summed E-state index contributed by atoms with van der Waals surface area (Å²) in [5.74, 6) is -0.572. The molecule has 2 aliphatic rings. The Hall–Kier alpha value is -2.12. The zero-order valence-electron chi connectivity index (χ0n) is 19.8. The molecule has 2 saturated heterocycles. The molecule has 2 unspecified atom stereocenters. The van der Waals surface area contributed by atoms with Crippen LogP contribution in [-0.4, -0.2) is 84.4 Å². The molecule has 7 nitrogen and oxygen atoms in total. The fourth-order valence-electron chi connectivity index (χ4n) is 4.92. The molecule has 0 N–H and O–H groups in total. The van der Waals surface area contributed by atoms with E-state index in [1.54, 1.807) is 36.1 Å². The predicted octanol–water partition coefficient (Wildman–Crippen LogP) is 3.46. The van der Waals surface area contributed by atoms with E-state index in [-0.39, 0.29) is 30.1 Å². The van der Waals surface area contributed by atoms with Crippen LogP contribution in [0, 0.1) is 5.92 Å². The minimum absolute atomic E-state index is 0.0378. The first-order chi connectivity index (χ1) is 15.9. The highest BCUT2D eigenvalue weighted by molar-refractivity contribution is 6.30. The van der Waals surface area contributed by atoms with E-state index in [1.165, 1.54) is 0 Å². The van der Waals surface area contributed by atoms with Crippen LogP contribution in [0.15, 0.2) is 24.3 Å². The Morgan fingerprint density at radius 1 is 1.09 bits per heavy atom. The first-order valence-electron chi connectivity index (χ1n) is 12.2. The largest absolute Gasteiger partial charge is 0.466 e. The van der Waals surface area contributed by atoms with Crippen molar-refractivity contribution in [1.82, 2.24) is 14.7 Å². The van der Waals surface area contributed by atoms with Crippen LogP contribution in [0.1, 0.15) is 56.3 Å². The molecule has 33 heavy (non-hydrogen) atoms. The molecule has 0 radical (unpaired) electrons. The van der Waals surface area contributed by atoms with Crippen molar-refractivity contribution in [2.45, 2.75) is 52.0 Å². The van der Waals surface area contributed by atoms with Crippen molar-refractivity contribution in [2.75, 3.05) is 45.9 Å². The van der Waals surface area contributed by atoms with Gasteiger partial charge < -0.3 is 14.5 Å². The Morgan fingerprint density at radius 3 is 2.52 bits per heavy atom. The van der Waals surface area contributed by atoms with E-state index in [0.717, 1.165) is 38.8 Å². The van der Waals surface area contributed by atoms with Gasteiger partial charge in [0.1, 0.15) is 0 Å². The summed E-state index contributed by atoms with van der Waals surface area (Å²) in [5.41, 5.74) is 0.580. The summed E-state index contributed by atoms with van der Waals surface area (Å²) >= 11 is 5.95. The highest BCUT2D eigenvalue weighted by Crippen LogP contribution is 2.24. The number of nitrogens with zero attached hydrogens (tertiary/aromatic N) is 3. The van der Waals surface area contributed by atoms with Crippen LogP contribution in [0.5, 0.6) is 0 Å². The Morgan fingerprint density at radius 2 is 1.82 bits per heavy atom. The van der Waals surface area contributed by atoms with Gasteiger partial charge in [0.15, 0.2) is 0 Å². The van der Waals surface area contributed by atoms with Crippen molar-refractivity contribution in [3.63, 3.8) is 0 Å². The number of halogens is 1. The molecule has 2 atom stereocenters. The highest BCUT2D eigenvalue weighted by Gasteiger charge is 2.34. The maximum absolute atomic E-state index is 13.6. The number of piperidine rings is 1. The monoisotopic (exact) mass is 477 g/mol. The lowest BCUT2D eigenvalue weighted by Crippen LogP contribution is -2.50. The third-order valence-corrected chi connectivity index (χ3v) is 6.94. The fraction of sp³-hybridized carbons (Fsp3) is 0.640. The maximum Gasteiger partial charge on any atom is 0.307 e. The molecule has 0 saturated carbocycles. The molecule has 182 valence electrons. The predicted molar refractivity (Wildman–Crippen MR) is 128 cm³/mol. The van der Waals surface area contributed by atoms with Gasteiger partial charge in [0.05, 0.1) is 18.9 Å². The maximum atomic E-state index is 13.6. The zero-order chi connectivity index (χ0) is 23.8. The average molecular weight is 478 g/mol. The number of ether oxygens (including phenoxy) is 1. The number of hydrogen-bond acceptors (Lipinski definition) is 5. The van der Waals surface area contributed by atoms with Crippen molar-refractivity contribution in [3.8, 4) is 0 Å². The second kappa shape index (κ2) is 12.4. The number of amides is 2. The van der Waals surface area contributed by atoms with Gasteiger partial charge in [0.25, 0.3) is 5.91 Å².